The zero-order valence-corrected chi connectivity index (χ0v) is 87.2. The van der Waals surface area contributed by atoms with Crippen molar-refractivity contribution in [3.63, 3.8) is 0 Å². The Kier molecular flexibility index (Phi) is 36.0. The SMILES string of the molecule is C=C(O)c1cccc2c1OB(O)[C@@H](Sc1nnc(SCCN)s1)C2.Cc1ccc2c(c1C(=O)O)OB(O)[C@@H](Sc1nnc(N)s1)C2.Cc1ccc2c(c1C(=O)O)OB(O)[C@@H](Sc1nnc(NC3CNC3)s1)C2.Cc1ccc2c(c1C(=O)O)OB(O)[C@@H](Sc1nnc(OCCN)s1)C2.Nc1nnc(S[C@H]2Cc3cc4[nH]cnc4c(C(=O)O)c3OB2O)s1.Nc1nnc(S[C@H]2Cc3ccc(-n4cccn4)c(C(=O)O)c3OB2O)s1. The first-order valence-electron chi connectivity index (χ1n) is 43.8. The maximum Gasteiger partial charge on any atom is 0.537 e. The van der Waals surface area contributed by atoms with Gasteiger partial charge in [-0.25, -0.2) is 33.6 Å². The first-order valence-corrected chi connectivity index (χ1v) is 54.9. The summed E-state index contributed by atoms with van der Waals surface area (Å²) in [7, 11) is -6.74. The molecule has 66 heteroatoms. The summed E-state index contributed by atoms with van der Waals surface area (Å²) < 4.78 is 45.0. The van der Waals surface area contributed by atoms with Crippen molar-refractivity contribution in [2.75, 3.05) is 61.1 Å². The van der Waals surface area contributed by atoms with Crippen LogP contribution in [0.4, 0.5) is 20.5 Å². The molecule has 0 amide bonds. The van der Waals surface area contributed by atoms with E-state index in [4.69, 9.17) is 61.3 Å². The number of thioether (sulfide) groups is 7. The van der Waals surface area contributed by atoms with Gasteiger partial charge >= 0.3 is 72.6 Å². The average Bonchev–Trinajstić information content (AvgIpc) is 1.69. The number of benzene rings is 6. The van der Waals surface area contributed by atoms with E-state index in [2.05, 4.69) is 93.5 Å². The van der Waals surface area contributed by atoms with E-state index in [9.17, 15) is 84.8 Å². The molecule has 762 valence electrons. The fourth-order valence-electron chi connectivity index (χ4n) is 15.3. The largest absolute Gasteiger partial charge is 0.537 e. The summed E-state index contributed by atoms with van der Waals surface area (Å²) in [6, 6.07) is 23.6. The molecular weight excluding hydrogens is 2160 g/mol. The molecule has 147 heavy (non-hydrogen) atoms. The van der Waals surface area contributed by atoms with Crippen molar-refractivity contribution >= 4 is 260 Å². The lowest BCUT2D eigenvalue weighted by atomic mass is 9.77. The quantitative estimate of drug-likeness (QED) is 0.0135. The molecule has 47 nitrogen and oxygen atoms in total. The Morgan fingerprint density at radius 2 is 0.844 bits per heavy atom. The van der Waals surface area contributed by atoms with E-state index in [1.54, 1.807) is 93.5 Å². The molecule has 0 bridgehead atoms. The number of carbonyl (C=O) groups is 5. The van der Waals surface area contributed by atoms with Crippen molar-refractivity contribution in [1.29, 1.82) is 0 Å². The molecule has 7 aliphatic rings. The number of carboxylic acid groups (broad SMARTS) is 5. The molecule has 1 fully saturated rings. The molecule has 25 N–H and O–H groups in total. The lowest BCUT2D eigenvalue weighted by Gasteiger charge is -2.28. The highest BCUT2D eigenvalue weighted by Crippen LogP contribution is 2.48. The number of anilines is 4. The van der Waals surface area contributed by atoms with Gasteiger partial charge in [-0.3, -0.25) is 0 Å². The van der Waals surface area contributed by atoms with Gasteiger partial charge in [-0.2, -0.15) is 5.10 Å². The molecule has 14 aromatic rings. The van der Waals surface area contributed by atoms with Crippen LogP contribution in [0.15, 0.2) is 135 Å². The fourth-order valence-corrected chi connectivity index (χ4v) is 28.5. The third-order valence-electron chi connectivity index (χ3n) is 22.2. The molecule has 6 atom stereocenters. The molecule has 7 aliphatic heterocycles. The number of nitrogens with zero attached hydrogens (tertiary/aromatic N) is 15. The summed E-state index contributed by atoms with van der Waals surface area (Å²) in [6.45, 7) is 11.8. The number of nitrogens with two attached hydrogens (primary N) is 5. The Hall–Kier alpha value is -11.5. The summed E-state index contributed by atoms with van der Waals surface area (Å²) >= 11 is 17.5. The van der Waals surface area contributed by atoms with Gasteiger partial charge in [-0.1, -0.05) is 205 Å². The van der Waals surface area contributed by atoms with Gasteiger partial charge in [0.1, 0.15) is 80.2 Å². The molecule has 0 saturated carbocycles. The summed E-state index contributed by atoms with van der Waals surface area (Å²) in [5, 5.41) is 177. The number of aliphatic hydroxyl groups is 1. The van der Waals surface area contributed by atoms with E-state index in [1.165, 1.54) is 150 Å². The van der Waals surface area contributed by atoms with E-state index in [1.807, 2.05) is 30.3 Å². The number of ether oxygens (including phenoxy) is 1. The van der Waals surface area contributed by atoms with Gasteiger partial charge in [-0.05, 0) is 145 Å². The van der Waals surface area contributed by atoms with Crippen molar-refractivity contribution in [3.8, 4) is 45.4 Å². The Balaban J connectivity index is 0.000000126. The topological polar surface area (TPSA) is 748 Å². The second-order valence-electron chi connectivity index (χ2n) is 32.2. The minimum Gasteiger partial charge on any atom is -0.535 e. The number of aryl methyl sites for hydroxylation is 3. The average molecular weight is 2240 g/mol. The Labute approximate surface area is 888 Å². The molecular formula is C81H83B6N23O24S13. The second kappa shape index (κ2) is 48.9. The molecule has 0 spiro atoms. The van der Waals surface area contributed by atoms with Crippen molar-refractivity contribution in [3.05, 3.63) is 188 Å². The third kappa shape index (κ3) is 26.3. The summed E-state index contributed by atoms with van der Waals surface area (Å²) in [5.74, 6) is -3.21. The number of rotatable bonds is 27. The van der Waals surface area contributed by atoms with Gasteiger partial charge in [-0.15, -0.1) is 56.1 Å². The number of aliphatic hydroxyl groups excluding tert-OH is 1. The highest BCUT2D eigenvalue weighted by molar-refractivity contribution is 8.05. The zero-order valence-electron chi connectivity index (χ0n) is 76.6. The van der Waals surface area contributed by atoms with Crippen LogP contribution in [0.3, 0.4) is 0 Å². The number of para-hydroxylation sites is 1. The van der Waals surface area contributed by atoms with Crippen molar-refractivity contribution in [1.82, 2.24) is 86.2 Å². The van der Waals surface area contributed by atoms with Crippen LogP contribution >= 0.6 is 150 Å². The number of H-pyrrole nitrogens is 1. The predicted molar refractivity (Wildman–Crippen MR) is 565 cm³/mol. The van der Waals surface area contributed by atoms with Crippen molar-refractivity contribution in [2.24, 2.45) is 11.5 Å². The number of aromatic carboxylic acids is 5. The van der Waals surface area contributed by atoms with Gasteiger partial charge in [0, 0.05) is 44.3 Å². The standard InChI is InChI=1S/C15H17BN4O4S2.C14H12BN5O4S2.C14H16BN3O5S2.C14H16BN3O3S3.C12H10BN5O4S2.C12H12BN3O4S2/c1-7-2-3-8-4-10(16(23)24-12(8)11(7)13(21)22)25-15-20-19-14(26-15)18-9-5-17-6-9;16-13-18-19-14(26-13)25-9-6-7-2-3-8(20-5-1-4-17-20)10(12(21)22)11(7)24-15(9)23;1-7-2-3-8-6-9(15(21)23-11(8)10(7)12(19)20)24-14-18-17-13(25-14)22-5-4-16;1-8(19)10-4-2-3-9-7-11(15(20)21-12(9)10)23-14-18-17-13(24-14)22-6-5-16;14-11-17-18-12(24-11)23-6-2-4-1-5-8(16-3-15-5)7(10(19)20)9(4)22-13(6)21;1-5-2-3-6-4-7(21-12-16-15-11(14)22-12)13(19)20-9(6)8(5)10(17)18/h2-3,9-10,17,23H,4-6H2,1H3,(H,18,19)(H,21,22);1-5,9,23H,6H2,(H2,16,18)(H,21,22);2-3,9,21H,4-6,16H2,1H3,(H,19,20);2-4,11,19-20H,1,5-7,16H2;1,3,6,21H,2H2,(H2,14,17)(H,15,16)(H,19,20);2-3,7,19H,4H2,1H3,(H2,14,15)(H,17,18)/t10-;2*9-;11-;6-;7-/m000000/s1. The molecule has 8 aromatic heterocycles. The number of carboxylic acids is 5. The summed E-state index contributed by atoms with van der Waals surface area (Å²) in [5.41, 5.74) is 35.9. The highest BCUT2D eigenvalue weighted by Gasteiger charge is 2.46. The minimum atomic E-state index is -1.19. The monoisotopic (exact) mass is 2240 g/mol. The number of nitrogens with one attached hydrogen (secondary N) is 3. The molecule has 1 saturated heterocycles. The van der Waals surface area contributed by atoms with Crippen molar-refractivity contribution in [2.45, 2.75) is 127 Å². The van der Waals surface area contributed by atoms with Gasteiger partial charge in [0.25, 0.3) is 5.19 Å². The summed E-state index contributed by atoms with van der Waals surface area (Å²) in [4.78, 5) is 64.7. The molecule has 0 aliphatic carbocycles. The van der Waals surface area contributed by atoms with Crippen LogP contribution < -0.4 is 72.0 Å². The van der Waals surface area contributed by atoms with Crippen LogP contribution in [-0.4, -0.2) is 290 Å². The van der Waals surface area contributed by atoms with Crippen molar-refractivity contribution < 1.29 is 117 Å². The Bertz CT molecular complexity index is 7150. The maximum absolute atomic E-state index is 11.8. The lowest BCUT2D eigenvalue weighted by Crippen LogP contribution is -2.51. The second-order valence-corrected chi connectivity index (χ2v) is 48.4. The molecule has 6 aromatic carbocycles. The normalized spacial score (nSPS) is 17.1. The van der Waals surface area contributed by atoms with Crippen LogP contribution in [0.2, 0.25) is 0 Å². The van der Waals surface area contributed by atoms with Crippen LogP contribution in [0.1, 0.15) is 107 Å². The molecule has 0 unspecified atom stereocenters. The number of aromatic amines is 1. The lowest BCUT2D eigenvalue weighted by molar-refractivity contribution is 0.0682. The number of imidazole rings is 1. The maximum atomic E-state index is 11.8. The first kappa shape index (κ1) is 108. The van der Waals surface area contributed by atoms with Crippen LogP contribution in [-0.2, 0) is 38.5 Å². The van der Waals surface area contributed by atoms with Gasteiger partial charge < -0.3 is 138 Å². The smallest absolute Gasteiger partial charge is 0.535 e. The number of hydrogen-bond donors (Lipinski definition) is 20. The van der Waals surface area contributed by atoms with Gasteiger partial charge in [0.2, 0.25) is 20.5 Å². The number of hydrogen-bond acceptors (Lipinski definition) is 53. The van der Waals surface area contributed by atoms with E-state index < -0.39 is 72.6 Å². The van der Waals surface area contributed by atoms with Gasteiger partial charge in [0.15, 0.2) is 30.4 Å². The third-order valence-corrected chi connectivity index (χ3v) is 36.1. The molecule has 0 radical (unpaired) electrons. The van der Waals surface area contributed by atoms with E-state index in [0.717, 1.165) is 59.2 Å². The van der Waals surface area contributed by atoms with Crippen LogP contribution in [0.5, 0.6) is 39.7 Å². The van der Waals surface area contributed by atoms with Crippen LogP contribution in [0.25, 0.3) is 22.5 Å². The van der Waals surface area contributed by atoms with E-state index in [-0.39, 0.29) is 93.2 Å². The minimum absolute atomic E-state index is 0.0335. The summed E-state index contributed by atoms with van der Waals surface area (Å²) in [6.07, 6.45) is 7.49. The predicted octanol–water partition coefficient (Wildman–Crippen LogP) is 7.45. The Morgan fingerprint density at radius 1 is 0.456 bits per heavy atom. The zero-order chi connectivity index (χ0) is 104. The molecule has 21 rings (SSSR count). The van der Waals surface area contributed by atoms with Gasteiger partial charge in [0.05, 0.1) is 60.0 Å². The highest BCUT2D eigenvalue weighted by atomic mass is 32.2. The van der Waals surface area contributed by atoms with E-state index in [0.29, 0.717) is 158 Å². The van der Waals surface area contributed by atoms with E-state index >= 15 is 0 Å². The Morgan fingerprint density at radius 3 is 1.25 bits per heavy atom. The number of fused-ring (bicyclic) bond motifs is 7. The number of nitrogen functional groups attached to an aromatic ring is 3. The molecule has 15 heterocycles. The first-order chi connectivity index (χ1) is 70.6. The fraction of sp³-hybridized carbons (Fsp3) is 0.272. The number of aromatic nitrogens is 16. The van der Waals surface area contributed by atoms with Crippen LogP contribution in [0, 0.1) is 20.8 Å².